The fourth-order valence-corrected chi connectivity index (χ4v) is 0.931. The van der Waals surface area contributed by atoms with Crippen LogP contribution < -0.4 is 0 Å². The van der Waals surface area contributed by atoms with E-state index in [4.69, 9.17) is 0 Å². The first-order valence-corrected chi connectivity index (χ1v) is 3.13. The molecule has 0 aromatic carbocycles. The van der Waals surface area contributed by atoms with Crippen LogP contribution in [0.15, 0.2) is 0 Å². The smallest absolute Gasteiger partial charge is 0.0386 e. The average Bonchev–Trinajstić information content (AvgIpc) is 1.90. The van der Waals surface area contributed by atoms with Crippen molar-refractivity contribution in [2.75, 3.05) is 0 Å². The largest absolute Gasteiger partial charge is 0.0528 e. The van der Waals surface area contributed by atoms with Gasteiger partial charge < -0.3 is 0 Å². The topological polar surface area (TPSA) is 0 Å². The summed E-state index contributed by atoms with van der Waals surface area (Å²) in [4.78, 5) is 0. The van der Waals surface area contributed by atoms with Crippen LogP contribution in [0.5, 0.6) is 0 Å². The Morgan fingerprint density at radius 1 is 0.714 bits per heavy atom. The summed E-state index contributed by atoms with van der Waals surface area (Å²) >= 11 is 0. The number of hydrogen-bond donors (Lipinski definition) is 0. The van der Waals surface area contributed by atoms with Crippen LogP contribution in [0.25, 0.3) is 0 Å². The van der Waals surface area contributed by atoms with Gasteiger partial charge >= 0.3 is 0 Å². The Balaban J connectivity index is 2.04. The van der Waals surface area contributed by atoms with Gasteiger partial charge in [-0.2, -0.15) is 0 Å². The number of hydrogen-bond acceptors (Lipinski definition) is 0. The second kappa shape index (κ2) is 3.06. The van der Waals surface area contributed by atoms with Gasteiger partial charge in [0.1, 0.15) is 0 Å². The van der Waals surface area contributed by atoms with Crippen LogP contribution in [0, 0.1) is 12.8 Å². The first-order valence-electron chi connectivity index (χ1n) is 3.13. The molecule has 0 atom stereocenters. The molecule has 0 spiro atoms. The van der Waals surface area contributed by atoms with E-state index in [1.54, 1.807) is 0 Å². The van der Waals surface area contributed by atoms with E-state index in [0.717, 1.165) is 0 Å². The molecule has 0 aromatic rings. The first-order chi connectivity index (χ1) is 3.50. The SMILES string of the molecule is [CH]1CC[CH]CCC1. The van der Waals surface area contributed by atoms with Crippen molar-refractivity contribution in [3.05, 3.63) is 12.8 Å². The van der Waals surface area contributed by atoms with Gasteiger partial charge in [0.2, 0.25) is 0 Å². The molecule has 0 N–H and O–H groups in total. The summed E-state index contributed by atoms with van der Waals surface area (Å²) in [6.07, 6.45) is 11.5. The minimum absolute atomic E-state index is 1.32. The van der Waals surface area contributed by atoms with Crippen LogP contribution in [-0.2, 0) is 0 Å². The summed E-state index contributed by atoms with van der Waals surface area (Å²) in [5.41, 5.74) is 0. The van der Waals surface area contributed by atoms with E-state index in [0.29, 0.717) is 0 Å². The highest BCUT2D eigenvalue weighted by Crippen LogP contribution is 2.13. The Bertz CT molecular complexity index is 19.7. The highest BCUT2D eigenvalue weighted by Gasteiger charge is 1.96. The lowest BCUT2D eigenvalue weighted by Gasteiger charge is -1.85. The Labute approximate surface area is 45.9 Å². The van der Waals surface area contributed by atoms with Crippen molar-refractivity contribution < 1.29 is 0 Å². The highest BCUT2D eigenvalue weighted by molar-refractivity contribution is 4.77. The molecule has 0 bridgehead atoms. The van der Waals surface area contributed by atoms with Crippen molar-refractivity contribution in [1.82, 2.24) is 0 Å². The third kappa shape index (κ3) is 1.96. The van der Waals surface area contributed by atoms with E-state index >= 15 is 0 Å². The lowest BCUT2D eigenvalue weighted by molar-refractivity contribution is 0.824. The first kappa shape index (κ1) is 5.14. The van der Waals surface area contributed by atoms with Crippen molar-refractivity contribution >= 4 is 0 Å². The van der Waals surface area contributed by atoms with Crippen molar-refractivity contribution in [1.29, 1.82) is 0 Å². The molecular formula is C7H12. The minimum Gasteiger partial charge on any atom is -0.0528 e. The van der Waals surface area contributed by atoms with Gasteiger partial charge in [0.25, 0.3) is 0 Å². The summed E-state index contributed by atoms with van der Waals surface area (Å²) in [5.74, 6) is 0. The van der Waals surface area contributed by atoms with Crippen LogP contribution in [-0.4, -0.2) is 0 Å². The van der Waals surface area contributed by atoms with Gasteiger partial charge in [-0.1, -0.05) is 19.3 Å². The summed E-state index contributed by atoms with van der Waals surface area (Å²) in [7, 11) is 0. The number of rotatable bonds is 0. The molecule has 0 heteroatoms. The Morgan fingerprint density at radius 2 is 1.29 bits per heavy atom. The molecule has 1 fully saturated rings. The van der Waals surface area contributed by atoms with Gasteiger partial charge in [-0.05, 0) is 25.7 Å². The molecule has 0 aromatic heterocycles. The standard InChI is InChI=1S/C7H12/c1-2-4-6-7-5-3-1/h1,6H,2-5,7H2. The van der Waals surface area contributed by atoms with E-state index < -0.39 is 0 Å². The molecule has 1 aliphatic rings. The molecule has 0 amide bonds. The van der Waals surface area contributed by atoms with E-state index in [9.17, 15) is 0 Å². The molecule has 0 heterocycles. The third-order valence-corrected chi connectivity index (χ3v) is 1.39. The monoisotopic (exact) mass is 96.1 g/mol. The van der Waals surface area contributed by atoms with E-state index in [1.807, 2.05) is 0 Å². The molecule has 7 heavy (non-hydrogen) atoms. The van der Waals surface area contributed by atoms with Crippen molar-refractivity contribution in [2.24, 2.45) is 0 Å². The zero-order chi connectivity index (χ0) is 4.95. The molecule has 0 nitrogen and oxygen atoms in total. The fraction of sp³-hybridized carbons (Fsp3) is 0.714. The predicted molar refractivity (Wildman–Crippen MR) is 31.7 cm³/mol. The van der Waals surface area contributed by atoms with Crippen LogP contribution >= 0.6 is 0 Å². The van der Waals surface area contributed by atoms with Crippen molar-refractivity contribution in [3.8, 4) is 0 Å². The van der Waals surface area contributed by atoms with Gasteiger partial charge in [0.05, 0.1) is 0 Å². The maximum Gasteiger partial charge on any atom is -0.0386 e. The van der Waals surface area contributed by atoms with Crippen molar-refractivity contribution in [2.45, 2.75) is 32.1 Å². The van der Waals surface area contributed by atoms with Crippen molar-refractivity contribution in [3.63, 3.8) is 0 Å². The van der Waals surface area contributed by atoms with Crippen LogP contribution in [0.1, 0.15) is 32.1 Å². The Kier molecular flexibility index (Phi) is 2.25. The average molecular weight is 96.2 g/mol. The molecule has 0 unspecified atom stereocenters. The third-order valence-electron chi connectivity index (χ3n) is 1.39. The second-order valence-corrected chi connectivity index (χ2v) is 2.09. The van der Waals surface area contributed by atoms with Gasteiger partial charge in [0.15, 0.2) is 0 Å². The molecule has 1 saturated carbocycles. The second-order valence-electron chi connectivity index (χ2n) is 2.09. The van der Waals surface area contributed by atoms with E-state index in [2.05, 4.69) is 12.8 Å². The summed E-state index contributed by atoms with van der Waals surface area (Å²) in [5, 5.41) is 0. The normalized spacial score (nSPS) is 24.0. The fourth-order valence-electron chi connectivity index (χ4n) is 0.931. The molecule has 1 aliphatic carbocycles. The Hall–Kier alpha value is 0. The maximum atomic E-state index is 2.39. The summed E-state index contributed by atoms with van der Waals surface area (Å²) < 4.78 is 0. The van der Waals surface area contributed by atoms with Crippen LogP contribution in [0.4, 0.5) is 0 Å². The van der Waals surface area contributed by atoms with Gasteiger partial charge in [0, 0.05) is 0 Å². The highest BCUT2D eigenvalue weighted by atomic mass is 14.0. The van der Waals surface area contributed by atoms with Gasteiger partial charge in [-0.25, -0.2) is 0 Å². The predicted octanol–water partition coefficient (Wildman–Crippen LogP) is 2.36. The summed E-state index contributed by atoms with van der Waals surface area (Å²) in [6, 6.07) is 0. The molecular weight excluding hydrogens is 84.1 g/mol. The molecule has 0 saturated heterocycles. The lowest BCUT2D eigenvalue weighted by Crippen LogP contribution is -1.68. The van der Waals surface area contributed by atoms with Gasteiger partial charge in [-0.3, -0.25) is 0 Å². The quantitative estimate of drug-likeness (QED) is 0.406. The molecule has 0 aliphatic heterocycles. The zero-order valence-corrected chi connectivity index (χ0v) is 4.69. The zero-order valence-electron chi connectivity index (χ0n) is 4.69. The summed E-state index contributed by atoms with van der Waals surface area (Å²) in [6.45, 7) is 0. The van der Waals surface area contributed by atoms with E-state index in [1.165, 1.54) is 32.1 Å². The molecule has 1 rings (SSSR count). The van der Waals surface area contributed by atoms with Crippen LogP contribution in [0.3, 0.4) is 0 Å². The minimum atomic E-state index is 1.32. The Morgan fingerprint density at radius 3 is 1.86 bits per heavy atom. The van der Waals surface area contributed by atoms with Gasteiger partial charge in [-0.15, -0.1) is 0 Å². The lowest BCUT2D eigenvalue weighted by atomic mass is 10.2. The van der Waals surface area contributed by atoms with E-state index in [-0.39, 0.29) is 0 Å². The van der Waals surface area contributed by atoms with Crippen LogP contribution in [0.2, 0.25) is 0 Å². The maximum absolute atomic E-state index is 2.39. The molecule has 40 valence electrons. The molecule has 2 radical (unpaired) electrons.